The van der Waals surface area contributed by atoms with Gasteiger partial charge >= 0.3 is 0 Å². The Morgan fingerprint density at radius 2 is 1.64 bits per heavy atom. The van der Waals surface area contributed by atoms with Crippen LogP contribution in [0.1, 0.15) is 49.1 Å². The maximum atomic E-state index is 11.4. The molecular weight excluding hydrogens is 314 g/mol. The molecule has 0 aliphatic heterocycles. The number of hydrogen-bond acceptors (Lipinski definition) is 3. The largest absolute Gasteiger partial charge is 0.396 e. The second-order valence-corrected chi connectivity index (χ2v) is 8.73. The Kier molecular flexibility index (Phi) is 3.52. The van der Waals surface area contributed by atoms with Gasteiger partial charge in [0, 0.05) is 25.8 Å². The number of carbonyl (C=O) groups excluding carboxylic acids is 1. The van der Waals surface area contributed by atoms with Crippen LogP contribution < -0.4 is 5.32 Å². The molecule has 6 rings (SSSR count). The number of carbonyl (C=O) groups is 1. The molecule has 134 valence electrons. The normalized spacial score (nSPS) is 43.0. The highest BCUT2D eigenvalue weighted by molar-refractivity contribution is 5.88. The van der Waals surface area contributed by atoms with Crippen LogP contribution in [0.15, 0.2) is 18.2 Å². The summed E-state index contributed by atoms with van der Waals surface area (Å²) in [6.07, 6.45) is 3.64. The van der Waals surface area contributed by atoms with Gasteiger partial charge in [0.2, 0.25) is 5.91 Å². The van der Waals surface area contributed by atoms with Crippen molar-refractivity contribution in [1.82, 2.24) is 0 Å². The lowest BCUT2D eigenvalue weighted by molar-refractivity contribution is -0.114. The van der Waals surface area contributed by atoms with E-state index in [1.165, 1.54) is 30.4 Å². The molecule has 5 aliphatic rings. The van der Waals surface area contributed by atoms with Gasteiger partial charge in [-0.1, -0.05) is 6.07 Å². The highest BCUT2D eigenvalue weighted by atomic mass is 16.3. The van der Waals surface area contributed by atoms with Crippen LogP contribution in [0.4, 0.5) is 5.69 Å². The van der Waals surface area contributed by atoms with Crippen LogP contribution >= 0.6 is 0 Å². The summed E-state index contributed by atoms with van der Waals surface area (Å²) in [6, 6.07) is 6.45. The summed E-state index contributed by atoms with van der Waals surface area (Å²) in [7, 11) is 0. The van der Waals surface area contributed by atoms with E-state index in [1.807, 2.05) is 6.07 Å². The molecule has 4 nitrogen and oxygen atoms in total. The van der Waals surface area contributed by atoms with Crippen LogP contribution in [0.25, 0.3) is 0 Å². The fourth-order valence-electron chi connectivity index (χ4n) is 7.42. The van der Waals surface area contributed by atoms with Crippen molar-refractivity contribution in [3.05, 3.63) is 29.3 Å². The first-order valence-electron chi connectivity index (χ1n) is 9.77. The second-order valence-electron chi connectivity index (χ2n) is 8.73. The average molecular weight is 341 g/mol. The zero-order valence-corrected chi connectivity index (χ0v) is 14.7. The molecule has 1 aromatic rings. The molecule has 25 heavy (non-hydrogen) atoms. The van der Waals surface area contributed by atoms with Crippen LogP contribution in [0, 0.1) is 35.5 Å². The Labute approximate surface area is 148 Å². The standard InChI is InChI=1S/C21H27NO3/c1-10(25)22-11-2-3-12-15(6-11)17-7-16(12)20-13-4-5-14(21(17)20)19(9-24)18(13)8-23/h2-3,6,13-14,16-21,23-24H,4-5,7-9H2,1H3,(H,22,25)/t13-,14+,16+,17-,18+,19+,20+,21-/m0/s1. The van der Waals surface area contributed by atoms with Crippen molar-refractivity contribution in [3.63, 3.8) is 0 Å². The number of benzene rings is 1. The van der Waals surface area contributed by atoms with E-state index in [9.17, 15) is 15.0 Å². The van der Waals surface area contributed by atoms with Gasteiger partial charge in [0.1, 0.15) is 0 Å². The van der Waals surface area contributed by atoms with Crippen molar-refractivity contribution < 1.29 is 15.0 Å². The number of aliphatic hydroxyl groups is 2. The van der Waals surface area contributed by atoms with Gasteiger partial charge in [-0.25, -0.2) is 0 Å². The van der Waals surface area contributed by atoms with E-state index in [1.54, 1.807) is 6.92 Å². The van der Waals surface area contributed by atoms with Crippen LogP contribution in [-0.2, 0) is 4.79 Å². The molecule has 0 radical (unpaired) electrons. The molecule has 1 amide bonds. The molecule has 0 spiro atoms. The maximum Gasteiger partial charge on any atom is 0.221 e. The minimum Gasteiger partial charge on any atom is -0.396 e. The molecule has 4 bridgehead atoms. The number of anilines is 1. The van der Waals surface area contributed by atoms with Crippen LogP contribution in [0.5, 0.6) is 0 Å². The predicted octanol–water partition coefficient (Wildman–Crippen LogP) is 2.72. The summed E-state index contributed by atoms with van der Waals surface area (Å²) in [5.74, 6) is 4.16. The zero-order chi connectivity index (χ0) is 17.3. The molecular formula is C21H27NO3. The summed E-state index contributed by atoms with van der Waals surface area (Å²) in [5.41, 5.74) is 3.82. The first-order chi connectivity index (χ1) is 12.1. The van der Waals surface area contributed by atoms with E-state index in [4.69, 9.17) is 0 Å². The third-order valence-corrected chi connectivity index (χ3v) is 7.98. The molecule has 0 saturated heterocycles. The highest BCUT2D eigenvalue weighted by Crippen LogP contribution is 2.71. The molecule has 0 aromatic heterocycles. The monoisotopic (exact) mass is 341 g/mol. The van der Waals surface area contributed by atoms with Gasteiger partial charge in [-0.3, -0.25) is 4.79 Å². The highest BCUT2D eigenvalue weighted by Gasteiger charge is 2.63. The summed E-state index contributed by atoms with van der Waals surface area (Å²) >= 11 is 0. The Bertz CT molecular complexity index is 717. The van der Waals surface area contributed by atoms with E-state index < -0.39 is 0 Å². The van der Waals surface area contributed by atoms with Crippen molar-refractivity contribution in [1.29, 1.82) is 0 Å². The summed E-state index contributed by atoms with van der Waals surface area (Å²) < 4.78 is 0. The van der Waals surface area contributed by atoms with Gasteiger partial charge in [-0.15, -0.1) is 0 Å². The molecule has 0 unspecified atom stereocenters. The van der Waals surface area contributed by atoms with E-state index >= 15 is 0 Å². The van der Waals surface area contributed by atoms with Gasteiger partial charge in [-0.05, 0) is 89.9 Å². The fraction of sp³-hybridized carbons (Fsp3) is 0.667. The Hall–Kier alpha value is -1.39. The number of aliphatic hydroxyl groups excluding tert-OH is 2. The SMILES string of the molecule is CC(=O)Nc1ccc2c(c1)[C@@H]1C[C@H]2[C@H]2[C@H]3CC[C@H]([C@@H](CO)[C@@H]3CO)[C@H]21. The lowest BCUT2D eigenvalue weighted by Crippen LogP contribution is -2.54. The molecule has 3 N–H and O–H groups in total. The number of hydrogen-bond donors (Lipinski definition) is 3. The lowest BCUT2D eigenvalue weighted by atomic mass is 9.47. The second kappa shape index (κ2) is 5.55. The first-order valence-corrected chi connectivity index (χ1v) is 9.77. The average Bonchev–Trinajstić information content (AvgIpc) is 3.18. The van der Waals surface area contributed by atoms with E-state index in [0.717, 1.165) is 5.69 Å². The number of nitrogens with one attached hydrogen (secondary N) is 1. The molecule has 4 fully saturated rings. The van der Waals surface area contributed by atoms with Crippen LogP contribution in [-0.4, -0.2) is 29.3 Å². The maximum absolute atomic E-state index is 11.4. The van der Waals surface area contributed by atoms with Crippen molar-refractivity contribution in [2.45, 2.75) is 38.0 Å². The Morgan fingerprint density at radius 3 is 2.20 bits per heavy atom. The smallest absolute Gasteiger partial charge is 0.221 e. The van der Waals surface area contributed by atoms with E-state index in [2.05, 4.69) is 17.4 Å². The summed E-state index contributed by atoms with van der Waals surface area (Å²) in [5, 5.41) is 22.9. The quantitative estimate of drug-likeness (QED) is 0.792. The van der Waals surface area contributed by atoms with Crippen molar-refractivity contribution in [2.75, 3.05) is 18.5 Å². The van der Waals surface area contributed by atoms with Gasteiger partial charge in [0.15, 0.2) is 0 Å². The molecule has 1 aromatic carbocycles. The van der Waals surface area contributed by atoms with Crippen LogP contribution in [0.2, 0.25) is 0 Å². The number of fused-ring (bicyclic) bond motifs is 7. The Morgan fingerprint density at radius 1 is 1.04 bits per heavy atom. The van der Waals surface area contributed by atoms with Crippen molar-refractivity contribution in [2.24, 2.45) is 35.5 Å². The third kappa shape index (κ3) is 2.04. The molecule has 5 aliphatic carbocycles. The fourth-order valence-corrected chi connectivity index (χ4v) is 7.42. The van der Waals surface area contributed by atoms with E-state index in [-0.39, 0.29) is 31.0 Å². The molecule has 4 heteroatoms. The van der Waals surface area contributed by atoms with Gasteiger partial charge in [-0.2, -0.15) is 0 Å². The van der Waals surface area contributed by atoms with Gasteiger partial charge in [0.25, 0.3) is 0 Å². The third-order valence-electron chi connectivity index (χ3n) is 7.98. The van der Waals surface area contributed by atoms with Gasteiger partial charge < -0.3 is 15.5 Å². The number of amides is 1. The van der Waals surface area contributed by atoms with E-state index in [0.29, 0.717) is 35.5 Å². The minimum absolute atomic E-state index is 0.0242. The number of rotatable bonds is 3. The molecule has 4 saturated carbocycles. The molecule has 8 atom stereocenters. The van der Waals surface area contributed by atoms with Crippen LogP contribution in [0.3, 0.4) is 0 Å². The predicted molar refractivity (Wildman–Crippen MR) is 95.2 cm³/mol. The zero-order valence-electron chi connectivity index (χ0n) is 14.7. The summed E-state index contributed by atoms with van der Waals surface area (Å²) in [4.78, 5) is 11.4. The lowest BCUT2D eigenvalue weighted by Gasteiger charge is -2.58. The van der Waals surface area contributed by atoms with Crippen molar-refractivity contribution in [3.8, 4) is 0 Å². The van der Waals surface area contributed by atoms with Gasteiger partial charge in [0.05, 0.1) is 0 Å². The Balaban J connectivity index is 1.54. The topological polar surface area (TPSA) is 69.6 Å². The molecule has 0 heterocycles. The first kappa shape index (κ1) is 15.8. The minimum atomic E-state index is -0.0242. The summed E-state index contributed by atoms with van der Waals surface area (Å²) in [6.45, 7) is 1.99. The van der Waals surface area contributed by atoms with Crippen molar-refractivity contribution >= 4 is 11.6 Å².